The third-order valence-electron chi connectivity index (χ3n) is 5.27. The monoisotopic (exact) mass is 525 g/mol. The third kappa shape index (κ3) is 8.19. The third-order valence-corrected chi connectivity index (χ3v) is 5.27. The fourth-order valence-electron chi connectivity index (χ4n) is 3.35. The molecular formula is C27H26F3N5O3. The van der Waals surface area contributed by atoms with Crippen LogP contribution in [-0.4, -0.2) is 30.3 Å². The highest BCUT2D eigenvalue weighted by Gasteiger charge is 2.30. The summed E-state index contributed by atoms with van der Waals surface area (Å²) in [4.78, 5) is 25.4. The van der Waals surface area contributed by atoms with Crippen molar-refractivity contribution >= 4 is 35.4 Å². The number of anilines is 1. The van der Waals surface area contributed by atoms with Gasteiger partial charge in [-0.15, -0.1) is 13.2 Å². The second-order valence-corrected chi connectivity index (χ2v) is 8.04. The number of nitrogens with two attached hydrogens (primary N) is 1. The smallest absolute Gasteiger partial charge is 0.406 e. The van der Waals surface area contributed by atoms with Gasteiger partial charge in [0.2, 0.25) is 0 Å². The number of hydrogen-bond acceptors (Lipinski definition) is 5. The zero-order valence-corrected chi connectivity index (χ0v) is 20.9. The van der Waals surface area contributed by atoms with E-state index in [9.17, 15) is 18.0 Å². The summed E-state index contributed by atoms with van der Waals surface area (Å²) >= 11 is 0. The van der Waals surface area contributed by atoms with Crippen LogP contribution in [0.15, 0.2) is 81.9 Å². The Balaban J connectivity index is 1.61. The average Bonchev–Trinajstić information content (AvgIpc) is 2.87. The summed E-state index contributed by atoms with van der Waals surface area (Å²) in [5, 5.41) is 6.71. The molecule has 3 N–H and O–H groups in total. The number of halogens is 3. The lowest BCUT2D eigenvalue weighted by Crippen LogP contribution is -2.16. The summed E-state index contributed by atoms with van der Waals surface area (Å²) < 4.78 is 40.5. The number of benzene rings is 3. The number of amidine groups is 1. The molecule has 0 bridgehead atoms. The van der Waals surface area contributed by atoms with E-state index in [1.165, 1.54) is 18.5 Å². The molecule has 0 spiro atoms. The standard InChI is InChI=1S/C27H26F3N5O3/c1-4-23(35-38-26(36)34-24-17(2)6-5-7-18(24)3)19-8-10-20(11-9-19)25(31)33-16-32-21-12-14-22(15-13-21)37-27(28,29)30/h5-16H,4H2,1-3H3,(H,34,36)(H2,31,32,33)/b35-23+. The first-order valence-corrected chi connectivity index (χ1v) is 11.5. The highest BCUT2D eigenvalue weighted by molar-refractivity contribution is 6.04. The summed E-state index contributed by atoms with van der Waals surface area (Å²) in [6.07, 6.45) is -3.74. The fraction of sp³-hybridized carbons (Fsp3) is 0.185. The number of aryl methyl sites for hydroxylation is 2. The van der Waals surface area contributed by atoms with Crippen LogP contribution in [0.2, 0.25) is 0 Å². The van der Waals surface area contributed by atoms with E-state index in [4.69, 9.17) is 10.6 Å². The summed E-state index contributed by atoms with van der Waals surface area (Å²) in [7, 11) is 0. The molecule has 1 amide bonds. The van der Waals surface area contributed by atoms with Gasteiger partial charge in [-0.3, -0.25) is 10.2 Å². The molecule has 11 heteroatoms. The van der Waals surface area contributed by atoms with Gasteiger partial charge in [-0.05, 0) is 61.2 Å². The maximum atomic E-state index is 12.3. The van der Waals surface area contributed by atoms with E-state index in [0.29, 0.717) is 29.1 Å². The predicted molar refractivity (Wildman–Crippen MR) is 141 cm³/mol. The van der Waals surface area contributed by atoms with Crippen molar-refractivity contribution in [2.75, 3.05) is 5.32 Å². The summed E-state index contributed by atoms with van der Waals surface area (Å²) in [6, 6.07) is 17.7. The van der Waals surface area contributed by atoms with E-state index in [-0.39, 0.29) is 11.6 Å². The van der Waals surface area contributed by atoms with Crippen molar-refractivity contribution in [1.29, 1.82) is 0 Å². The van der Waals surface area contributed by atoms with Crippen molar-refractivity contribution in [3.05, 3.63) is 89.0 Å². The van der Waals surface area contributed by atoms with Gasteiger partial charge in [0.05, 0.1) is 11.4 Å². The fourth-order valence-corrected chi connectivity index (χ4v) is 3.35. The number of alkyl halides is 3. The number of oxime groups is 1. The van der Waals surface area contributed by atoms with E-state index >= 15 is 0 Å². The molecule has 0 aliphatic carbocycles. The maximum Gasteiger partial charge on any atom is 0.573 e. The molecule has 0 radical (unpaired) electrons. The molecule has 198 valence electrons. The molecular weight excluding hydrogens is 499 g/mol. The Morgan fingerprint density at radius 1 is 0.974 bits per heavy atom. The number of para-hydroxylation sites is 1. The van der Waals surface area contributed by atoms with Crippen LogP contribution < -0.4 is 15.8 Å². The van der Waals surface area contributed by atoms with Crippen molar-refractivity contribution < 1.29 is 27.5 Å². The van der Waals surface area contributed by atoms with Crippen LogP contribution in [0.25, 0.3) is 0 Å². The van der Waals surface area contributed by atoms with Crippen molar-refractivity contribution in [2.24, 2.45) is 20.9 Å². The lowest BCUT2D eigenvalue weighted by Gasteiger charge is -2.10. The molecule has 0 aliphatic heterocycles. The van der Waals surface area contributed by atoms with Crippen molar-refractivity contribution in [1.82, 2.24) is 0 Å². The Morgan fingerprint density at radius 2 is 1.58 bits per heavy atom. The molecule has 0 fully saturated rings. The van der Waals surface area contributed by atoms with Gasteiger partial charge in [-0.25, -0.2) is 14.8 Å². The number of amides is 1. The van der Waals surface area contributed by atoms with Gasteiger partial charge in [-0.2, -0.15) is 0 Å². The van der Waals surface area contributed by atoms with E-state index in [0.717, 1.165) is 28.8 Å². The Morgan fingerprint density at radius 3 is 2.16 bits per heavy atom. The van der Waals surface area contributed by atoms with Gasteiger partial charge in [0.1, 0.15) is 17.9 Å². The molecule has 0 atom stereocenters. The Labute approximate surface area is 217 Å². The Kier molecular flexibility index (Phi) is 9.20. The quantitative estimate of drug-likeness (QED) is 0.149. The van der Waals surface area contributed by atoms with Gasteiger partial charge in [0.25, 0.3) is 0 Å². The zero-order chi connectivity index (χ0) is 27.7. The minimum Gasteiger partial charge on any atom is -0.406 e. The minimum atomic E-state index is -4.76. The van der Waals surface area contributed by atoms with Gasteiger partial charge < -0.3 is 10.5 Å². The second-order valence-electron chi connectivity index (χ2n) is 8.04. The van der Waals surface area contributed by atoms with Gasteiger partial charge in [0, 0.05) is 11.3 Å². The van der Waals surface area contributed by atoms with Crippen LogP contribution in [0.4, 0.5) is 29.3 Å². The molecule has 0 unspecified atom stereocenters. The number of nitrogens with one attached hydrogen (secondary N) is 1. The summed E-state index contributed by atoms with van der Waals surface area (Å²) in [6.45, 7) is 5.66. The van der Waals surface area contributed by atoms with Crippen LogP contribution in [0.3, 0.4) is 0 Å². The number of nitrogens with zero attached hydrogens (tertiary/aromatic N) is 3. The van der Waals surface area contributed by atoms with Crippen molar-refractivity contribution in [3.8, 4) is 5.75 Å². The van der Waals surface area contributed by atoms with E-state index in [1.54, 1.807) is 24.3 Å². The number of ether oxygens (including phenoxy) is 1. The number of aliphatic imine (C=N–C) groups is 2. The Hall–Kier alpha value is -4.67. The van der Waals surface area contributed by atoms with E-state index in [1.807, 2.05) is 39.0 Å². The molecule has 3 aromatic carbocycles. The first-order chi connectivity index (χ1) is 18.1. The van der Waals surface area contributed by atoms with Gasteiger partial charge in [0.15, 0.2) is 0 Å². The van der Waals surface area contributed by atoms with Crippen LogP contribution in [0, 0.1) is 13.8 Å². The zero-order valence-electron chi connectivity index (χ0n) is 20.9. The predicted octanol–water partition coefficient (Wildman–Crippen LogP) is 6.63. The lowest BCUT2D eigenvalue weighted by molar-refractivity contribution is -0.274. The SMILES string of the molecule is CC/C(=N\OC(=O)Nc1c(C)cccc1C)c1ccc(C(N)=NC=Nc2ccc(OC(F)(F)F)cc2)cc1. The van der Waals surface area contributed by atoms with E-state index < -0.39 is 12.5 Å². The van der Waals surface area contributed by atoms with Crippen LogP contribution >= 0.6 is 0 Å². The summed E-state index contributed by atoms with van der Waals surface area (Å²) in [5.74, 6) is -0.168. The molecule has 0 saturated carbocycles. The number of carbonyl (C=O) groups is 1. The largest absolute Gasteiger partial charge is 0.573 e. The van der Waals surface area contributed by atoms with E-state index in [2.05, 4.69) is 25.2 Å². The second kappa shape index (κ2) is 12.5. The van der Waals surface area contributed by atoms with Crippen molar-refractivity contribution in [3.63, 3.8) is 0 Å². The van der Waals surface area contributed by atoms with Crippen LogP contribution in [-0.2, 0) is 4.84 Å². The maximum absolute atomic E-state index is 12.3. The molecule has 3 aromatic rings. The van der Waals surface area contributed by atoms with Gasteiger partial charge in [-0.1, -0.05) is 54.5 Å². The minimum absolute atomic E-state index is 0.177. The normalized spacial score (nSPS) is 12.5. The van der Waals surface area contributed by atoms with Gasteiger partial charge >= 0.3 is 12.5 Å². The molecule has 0 heterocycles. The van der Waals surface area contributed by atoms with Crippen molar-refractivity contribution in [2.45, 2.75) is 33.6 Å². The molecule has 0 aromatic heterocycles. The highest BCUT2D eigenvalue weighted by atomic mass is 19.4. The molecule has 0 saturated heterocycles. The van der Waals surface area contributed by atoms with Crippen LogP contribution in [0.5, 0.6) is 5.75 Å². The van der Waals surface area contributed by atoms with Crippen LogP contribution in [0.1, 0.15) is 35.6 Å². The number of rotatable bonds is 8. The average molecular weight is 526 g/mol. The molecule has 0 aliphatic rings. The number of hydrogen-bond donors (Lipinski definition) is 2. The first kappa shape index (κ1) is 27.9. The summed E-state index contributed by atoms with van der Waals surface area (Å²) in [5.41, 5.74) is 10.8. The molecule has 8 nitrogen and oxygen atoms in total. The topological polar surface area (TPSA) is 111 Å². The lowest BCUT2D eigenvalue weighted by atomic mass is 10.1. The highest BCUT2D eigenvalue weighted by Crippen LogP contribution is 2.25. The molecule has 3 rings (SSSR count). The Bertz CT molecular complexity index is 1330. The first-order valence-electron chi connectivity index (χ1n) is 11.5. The number of carbonyl (C=O) groups excluding carboxylic acids is 1. The molecule has 38 heavy (non-hydrogen) atoms.